The number of fused-ring (bicyclic) bond motifs is 3. The Labute approximate surface area is 197 Å². The highest BCUT2D eigenvalue weighted by molar-refractivity contribution is 8.00. The number of hydrogen-bond acceptors (Lipinski definition) is 5. The number of nitrogens with zero attached hydrogens (tertiary/aromatic N) is 3. The van der Waals surface area contributed by atoms with Gasteiger partial charge >= 0.3 is 0 Å². The van der Waals surface area contributed by atoms with Gasteiger partial charge in [-0.3, -0.25) is 9.69 Å². The highest BCUT2D eigenvalue weighted by Crippen LogP contribution is 2.48. The van der Waals surface area contributed by atoms with Crippen molar-refractivity contribution in [2.24, 2.45) is 5.92 Å². The van der Waals surface area contributed by atoms with Crippen LogP contribution in [-0.4, -0.2) is 16.1 Å². The molecule has 2 atom stereocenters. The van der Waals surface area contributed by atoms with Crippen molar-refractivity contribution in [3.63, 3.8) is 0 Å². The number of pyridine rings is 1. The monoisotopic (exact) mass is 457 g/mol. The maximum atomic E-state index is 13.7. The van der Waals surface area contributed by atoms with Crippen molar-refractivity contribution < 1.29 is 4.79 Å². The summed E-state index contributed by atoms with van der Waals surface area (Å²) in [5, 5.41) is 10.0. The Hall–Kier alpha value is -2.75. The van der Waals surface area contributed by atoms with Gasteiger partial charge in [-0.1, -0.05) is 54.7 Å². The van der Waals surface area contributed by atoms with Crippen molar-refractivity contribution in [3.05, 3.63) is 71.4 Å². The minimum atomic E-state index is -0.389. The second-order valence-corrected chi connectivity index (χ2v) is 10.8. The number of amides is 1. The number of thioether (sulfide) groups is 1. The van der Waals surface area contributed by atoms with E-state index in [1.54, 1.807) is 11.8 Å². The van der Waals surface area contributed by atoms with Crippen LogP contribution in [0.15, 0.2) is 69.4 Å². The molecule has 1 aliphatic heterocycles. The Kier molecular flexibility index (Phi) is 5.71. The first kappa shape index (κ1) is 21.1. The van der Waals surface area contributed by atoms with Crippen LogP contribution in [0.1, 0.15) is 37.1 Å². The van der Waals surface area contributed by atoms with E-state index in [9.17, 15) is 10.1 Å². The average Bonchev–Trinajstić information content (AvgIpc) is 2.81. The van der Waals surface area contributed by atoms with Crippen molar-refractivity contribution in [1.82, 2.24) is 4.98 Å². The molecule has 1 aromatic heterocycles. The molecule has 0 radical (unpaired) electrons. The molecule has 0 saturated heterocycles. The van der Waals surface area contributed by atoms with Gasteiger partial charge in [0.2, 0.25) is 5.91 Å². The van der Waals surface area contributed by atoms with Gasteiger partial charge < -0.3 is 0 Å². The van der Waals surface area contributed by atoms with Crippen LogP contribution in [0.2, 0.25) is 0 Å². The lowest BCUT2D eigenvalue weighted by Gasteiger charge is -2.32. The normalized spacial score (nSPS) is 17.5. The summed E-state index contributed by atoms with van der Waals surface area (Å²) < 4.78 is 0. The van der Waals surface area contributed by atoms with Gasteiger partial charge in [-0.05, 0) is 68.0 Å². The minimum Gasteiger partial charge on any atom is -0.278 e. The van der Waals surface area contributed by atoms with Crippen molar-refractivity contribution in [3.8, 4) is 6.07 Å². The molecule has 3 aromatic rings. The van der Waals surface area contributed by atoms with Gasteiger partial charge in [0.25, 0.3) is 0 Å². The summed E-state index contributed by atoms with van der Waals surface area (Å²) in [6, 6.07) is 20.3. The van der Waals surface area contributed by atoms with Gasteiger partial charge in [0.05, 0.1) is 22.2 Å². The first-order valence-corrected chi connectivity index (χ1v) is 12.5. The molecule has 32 heavy (non-hydrogen) atoms. The van der Waals surface area contributed by atoms with Gasteiger partial charge in [-0.15, -0.1) is 0 Å². The highest BCUT2D eigenvalue weighted by atomic mass is 32.2. The number of aryl methyl sites for hydroxylation is 1. The summed E-state index contributed by atoms with van der Waals surface area (Å²) in [4.78, 5) is 22.5. The molecule has 1 amide bonds. The fourth-order valence-electron chi connectivity index (χ4n) is 4.34. The number of carbonyl (C=O) groups excluding carboxylic acids is 1. The second-order valence-electron chi connectivity index (χ2n) is 8.38. The lowest BCUT2D eigenvalue weighted by molar-refractivity contribution is -0.117. The highest BCUT2D eigenvalue weighted by Gasteiger charge is 2.32. The van der Waals surface area contributed by atoms with E-state index < -0.39 is 0 Å². The molecule has 5 rings (SSSR count). The number of hydrogen-bond donors (Lipinski definition) is 0. The standard InChI is InChI=1S/C26H23N3OS2/c1-16-11-12-20-18(13-16)14-19(15-27)25(28-20)31-17(2)26(30)29-21-7-3-5-9-23(21)32-24-10-6-4-8-22(24)29/h3-10,14,16-17H,11-13H2,1-2H3. The van der Waals surface area contributed by atoms with E-state index >= 15 is 0 Å². The fourth-order valence-corrected chi connectivity index (χ4v) is 6.33. The zero-order valence-corrected chi connectivity index (χ0v) is 19.7. The number of carbonyl (C=O) groups is 1. The van der Waals surface area contributed by atoms with E-state index in [-0.39, 0.29) is 11.2 Å². The molecule has 2 aromatic carbocycles. The lowest BCUT2D eigenvalue weighted by Crippen LogP contribution is -2.34. The smallest absolute Gasteiger partial charge is 0.244 e. The van der Waals surface area contributed by atoms with Crippen molar-refractivity contribution in [2.75, 3.05) is 4.90 Å². The Balaban J connectivity index is 1.47. The van der Waals surface area contributed by atoms with Gasteiger partial charge in [0.1, 0.15) is 11.1 Å². The van der Waals surface area contributed by atoms with Gasteiger partial charge in [0.15, 0.2) is 0 Å². The molecular formula is C26H23N3OS2. The van der Waals surface area contributed by atoms with Crippen molar-refractivity contribution in [2.45, 2.75) is 53.2 Å². The largest absolute Gasteiger partial charge is 0.278 e. The maximum Gasteiger partial charge on any atom is 0.244 e. The van der Waals surface area contributed by atoms with E-state index in [0.29, 0.717) is 16.5 Å². The van der Waals surface area contributed by atoms with E-state index in [1.807, 2.05) is 66.4 Å². The summed E-state index contributed by atoms with van der Waals surface area (Å²) in [5.41, 5.74) is 4.63. The third-order valence-electron chi connectivity index (χ3n) is 6.01. The van der Waals surface area contributed by atoms with Crippen molar-refractivity contribution >= 4 is 40.8 Å². The Morgan fingerprint density at radius 3 is 2.50 bits per heavy atom. The Morgan fingerprint density at radius 1 is 1.19 bits per heavy atom. The van der Waals surface area contributed by atoms with E-state index in [4.69, 9.17) is 4.98 Å². The lowest BCUT2D eigenvalue weighted by atomic mass is 9.87. The first-order chi connectivity index (χ1) is 15.5. The predicted molar refractivity (Wildman–Crippen MR) is 130 cm³/mol. The van der Waals surface area contributed by atoms with Crippen molar-refractivity contribution in [1.29, 1.82) is 5.26 Å². The fraction of sp³-hybridized carbons (Fsp3) is 0.269. The summed E-state index contributed by atoms with van der Waals surface area (Å²) in [6.07, 6.45) is 3.02. The molecular weight excluding hydrogens is 434 g/mol. The Bertz CT molecular complexity index is 1200. The zero-order valence-electron chi connectivity index (χ0n) is 18.0. The second kappa shape index (κ2) is 8.65. The SMILES string of the molecule is CC1CCc2nc(SC(C)C(=O)N3c4ccccc4Sc4ccccc43)c(C#N)cc2C1. The van der Waals surface area contributed by atoms with Crippen LogP contribution in [0, 0.1) is 17.2 Å². The quantitative estimate of drug-likeness (QED) is 0.427. The molecule has 6 heteroatoms. The van der Waals surface area contributed by atoms with Gasteiger partial charge in [-0.2, -0.15) is 5.26 Å². The molecule has 0 N–H and O–H groups in total. The predicted octanol–water partition coefficient (Wildman–Crippen LogP) is 6.39. The number of nitriles is 1. The summed E-state index contributed by atoms with van der Waals surface area (Å²) in [6.45, 7) is 4.15. The zero-order chi connectivity index (χ0) is 22.2. The Morgan fingerprint density at radius 2 is 1.84 bits per heavy atom. The third-order valence-corrected chi connectivity index (χ3v) is 8.23. The third kappa shape index (κ3) is 3.80. The van der Waals surface area contributed by atoms with E-state index in [2.05, 4.69) is 13.0 Å². The molecule has 0 spiro atoms. The van der Waals surface area contributed by atoms with Crippen LogP contribution in [-0.2, 0) is 17.6 Å². The number of anilines is 2. The van der Waals surface area contributed by atoms with Gasteiger partial charge in [0, 0.05) is 15.5 Å². The molecule has 0 saturated carbocycles. The minimum absolute atomic E-state index is 0.00719. The number of rotatable bonds is 3. The van der Waals surface area contributed by atoms with E-state index in [1.165, 1.54) is 17.3 Å². The maximum absolute atomic E-state index is 13.7. The molecule has 1 aliphatic carbocycles. The van der Waals surface area contributed by atoms with Crippen LogP contribution in [0.4, 0.5) is 11.4 Å². The number of aromatic nitrogens is 1. The van der Waals surface area contributed by atoms with Crippen LogP contribution in [0.5, 0.6) is 0 Å². The van der Waals surface area contributed by atoms with Crippen LogP contribution < -0.4 is 4.90 Å². The molecule has 2 unspecified atom stereocenters. The molecule has 160 valence electrons. The molecule has 0 fully saturated rings. The van der Waals surface area contributed by atoms with Crippen LogP contribution in [0.3, 0.4) is 0 Å². The summed E-state index contributed by atoms with van der Waals surface area (Å²) in [7, 11) is 0. The molecule has 2 aliphatic rings. The molecule has 2 heterocycles. The first-order valence-electron chi connectivity index (χ1n) is 10.8. The number of benzene rings is 2. The molecule has 0 bridgehead atoms. The number of para-hydroxylation sites is 2. The van der Waals surface area contributed by atoms with Crippen LogP contribution in [0.25, 0.3) is 0 Å². The molecule has 4 nitrogen and oxygen atoms in total. The van der Waals surface area contributed by atoms with E-state index in [0.717, 1.165) is 46.1 Å². The summed E-state index contributed by atoms with van der Waals surface area (Å²) >= 11 is 3.07. The topological polar surface area (TPSA) is 57.0 Å². The summed E-state index contributed by atoms with van der Waals surface area (Å²) in [5.74, 6) is 0.610. The average molecular weight is 458 g/mol. The van der Waals surface area contributed by atoms with Gasteiger partial charge in [-0.25, -0.2) is 4.98 Å². The van der Waals surface area contributed by atoms with Crippen LogP contribution >= 0.6 is 23.5 Å².